The zero-order valence-corrected chi connectivity index (χ0v) is 11.1. The van der Waals surface area contributed by atoms with Crippen LogP contribution in [0.3, 0.4) is 0 Å². The van der Waals surface area contributed by atoms with Crippen LogP contribution in [0.5, 0.6) is 0 Å². The van der Waals surface area contributed by atoms with Crippen molar-refractivity contribution in [3.8, 4) is 0 Å². The maximum absolute atomic E-state index is 11.8. The van der Waals surface area contributed by atoms with Crippen molar-refractivity contribution in [2.45, 2.75) is 26.7 Å². The van der Waals surface area contributed by atoms with Gasteiger partial charge in [-0.2, -0.15) is 0 Å². The molecule has 17 heavy (non-hydrogen) atoms. The Morgan fingerprint density at radius 3 is 2.76 bits per heavy atom. The molecule has 0 aliphatic heterocycles. The Morgan fingerprint density at radius 2 is 2.18 bits per heavy atom. The van der Waals surface area contributed by atoms with Gasteiger partial charge in [-0.05, 0) is 37.0 Å². The Bertz CT molecular complexity index is 391. The summed E-state index contributed by atoms with van der Waals surface area (Å²) < 4.78 is 0. The highest BCUT2D eigenvalue weighted by Gasteiger charge is 2.09. The molecule has 0 aliphatic carbocycles. The summed E-state index contributed by atoms with van der Waals surface area (Å²) in [6.07, 6.45) is 2.09. The third-order valence-corrected chi connectivity index (χ3v) is 2.74. The maximum Gasteiger partial charge on any atom is 0.253 e. The van der Waals surface area contributed by atoms with E-state index >= 15 is 0 Å². The van der Waals surface area contributed by atoms with Gasteiger partial charge < -0.3 is 11.1 Å². The van der Waals surface area contributed by atoms with Gasteiger partial charge in [0.2, 0.25) is 0 Å². The average Bonchev–Trinajstić information content (AvgIpc) is 2.23. The molecule has 0 heterocycles. The van der Waals surface area contributed by atoms with Crippen LogP contribution in [0.1, 0.15) is 37.0 Å². The van der Waals surface area contributed by atoms with Crippen LogP contribution in [0.4, 0.5) is 5.69 Å². The molecule has 0 aliphatic rings. The number of carbonyl (C=O) groups excluding carboxylic acids is 1. The third-order valence-electron chi connectivity index (χ3n) is 2.50. The van der Waals surface area contributed by atoms with E-state index in [1.54, 1.807) is 18.2 Å². The fourth-order valence-corrected chi connectivity index (χ4v) is 1.73. The number of nitrogens with two attached hydrogens (primary N) is 1. The second kappa shape index (κ2) is 6.50. The van der Waals surface area contributed by atoms with Gasteiger partial charge in [-0.3, -0.25) is 4.79 Å². The number of carbonyl (C=O) groups is 1. The van der Waals surface area contributed by atoms with Crippen LogP contribution in [0, 0.1) is 5.92 Å². The second-order valence-corrected chi connectivity index (χ2v) is 4.96. The van der Waals surface area contributed by atoms with Gasteiger partial charge >= 0.3 is 0 Å². The lowest BCUT2D eigenvalue weighted by Crippen LogP contribution is -2.25. The summed E-state index contributed by atoms with van der Waals surface area (Å²) in [5.41, 5.74) is 6.63. The summed E-state index contributed by atoms with van der Waals surface area (Å²) in [6, 6.07) is 4.90. The summed E-state index contributed by atoms with van der Waals surface area (Å²) in [5, 5.41) is 3.39. The molecule has 0 saturated carbocycles. The smallest absolute Gasteiger partial charge is 0.253 e. The van der Waals surface area contributed by atoms with Crippen molar-refractivity contribution < 1.29 is 4.79 Å². The van der Waals surface area contributed by atoms with E-state index in [1.807, 2.05) is 0 Å². The first kappa shape index (κ1) is 13.8. The lowest BCUT2D eigenvalue weighted by Gasteiger charge is -2.08. The molecule has 3 nitrogen and oxygen atoms in total. The maximum atomic E-state index is 11.8. The van der Waals surface area contributed by atoms with Crippen LogP contribution in [0.15, 0.2) is 18.2 Å². The predicted molar refractivity (Wildman–Crippen MR) is 72.3 cm³/mol. The molecular formula is C13H19ClN2O. The van der Waals surface area contributed by atoms with Gasteiger partial charge in [0.25, 0.3) is 5.91 Å². The molecule has 1 aromatic carbocycles. The SMILES string of the molecule is CC(C)CCCNC(=O)c1ccc(Cl)cc1N. The van der Waals surface area contributed by atoms with Gasteiger partial charge in [-0.25, -0.2) is 0 Å². The van der Waals surface area contributed by atoms with Gasteiger partial charge in [0, 0.05) is 17.3 Å². The lowest BCUT2D eigenvalue weighted by atomic mass is 10.1. The van der Waals surface area contributed by atoms with Crippen molar-refractivity contribution in [3.63, 3.8) is 0 Å². The van der Waals surface area contributed by atoms with Crippen LogP contribution in [0.25, 0.3) is 0 Å². The highest BCUT2D eigenvalue weighted by molar-refractivity contribution is 6.31. The standard InChI is InChI=1S/C13H19ClN2O/c1-9(2)4-3-7-16-13(17)11-6-5-10(14)8-12(11)15/h5-6,8-9H,3-4,7,15H2,1-2H3,(H,16,17). The Morgan fingerprint density at radius 1 is 1.47 bits per heavy atom. The molecule has 1 rings (SSSR count). The van der Waals surface area contributed by atoms with E-state index in [0.717, 1.165) is 12.8 Å². The van der Waals surface area contributed by atoms with Crippen molar-refractivity contribution in [2.75, 3.05) is 12.3 Å². The summed E-state index contributed by atoms with van der Waals surface area (Å²) >= 11 is 5.77. The minimum absolute atomic E-state index is 0.136. The number of rotatable bonds is 5. The Labute approximate surface area is 107 Å². The number of nitrogen functional groups attached to an aromatic ring is 1. The molecule has 4 heteroatoms. The van der Waals surface area contributed by atoms with E-state index in [9.17, 15) is 4.79 Å². The van der Waals surface area contributed by atoms with E-state index in [-0.39, 0.29) is 5.91 Å². The van der Waals surface area contributed by atoms with E-state index in [0.29, 0.717) is 28.7 Å². The molecule has 0 spiro atoms. The van der Waals surface area contributed by atoms with E-state index in [1.165, 1.54) is 0 Å². The zero-order chi connectivity index (χ0) is 12.8. The molecule has 0 unspecified atom stereocenters. The third kappa shape index (κ3) is 4.65. The quantitative estimate of drug-likeness (QED) is 0.627. The summed E-state index contributed by atoms with van der Waals surface area (Å²) in [7, 11) is 0. The molecule has 94 valence electrons. The zero-order valence-electron chi connectivity index (χ0n) is 10.3. The minimum atomic E-state index is -0.136. The van der Waals surface area contributed by atoms with Crippen molar-refractivity contribution in [2.24, 2.45) is 5.92 Å². The van der Waals surface area contributed by atoms with E-state index in [2.05, 4.69) is 19.2 Å². The first-order valence-electron chi connectivity index (χ1n) is 5.84. The molecule has 0 aromatic heterocycles. The largest absolute Gasteiger partial charge is 0.398 e. The topological polar surface area (TPSA) is 55.1 Å². The molecule has 0 bridgehead atoms. The van der Waals surface area contributed by atoms with Gasteiger partial charge in [-0.1, -0.05) is 25.4 Å². The van der Waals surface area contributed by atoms with Crippen molar-refractivity contribution >= 4 is 23.2 Å². The molecule has 0 saturated heterocycles. The number of benzene rings is 1. The van der Waals surface area contributed by atoms with Crippen LogP contribution in [-0.4, -0.2) is 12.5 Å². The molecular weight excluding hydrogens is 236 g/mol. The molecule has 3 N–H and O–H groups in total. The number of amides is 1. The summed E-state index contributed by atoms with van der Waals surface area (Å²) in [5.74, 6) is 0.524. The van der Waals surface area contributed by atoms with Gasteiger partial charge in [0.15, 0.2) is 0 Å². The summed E-state index contributed by atoms with van der Waals surface area (Å²) in [6.45, 7) is 5.01. The molecule has 1 amide bonds. The van der Waals surface area contributed by atoms with Crippen molar-refractivity contribution in [3.05, 3.63) is 28.8 Å². The fourth-order valence-electron chi connectivity index (χ4n) is 1.55. The highest BCUT2D eigenvalue weighted by Crippen LogP contribution is 2.17. The van der Waals surface area contributed by atoms with Crippen molar-refractivity contribution in [1.82, 2.24) is 5.32 Å². The van der Waals surface area contributed by atoms with E-state index < -0.39 is 0 Å². The highest BCUT2D eigenvalue weighted by atomic mass is 35.5. The lowest BCUT2D eigenvalue weighted by molar-refractivity contribution is 0.0953. The molecule has 0 atom stereocenters. The fraction of sp³-hybridized carbons (Fsp3) is 0.462. The molecule has 1 aromatic rings. The number of hydrogen-bond acceptors (Lipinski definition) is 2. The van der Waals surface area contributed by atoms with Crippen LogP contribution < -0.4 is 11.1 Å². The molecule has 0 fully saturated rings. The van der Waals surface area contributed by atoms with Gasteiger partial charge in [-0.15, -0.1) is 0 Å². The number of halogens is 1. The minimum Gasteiger partial charge on any atom is -0.398 e. The number of nitrogens with one attached hydrogen (secondary N) is 1. The normalized spacial score (nSPS) is 10.6. The van der Waals surface area contributed by atoms with E-state index in [4.69, 9.17) is 17.3 Å². The molecule has 0 radical (unpaired) electrons. The summed E-state index contributed by atoms with van der Waals surface area (Å²) in [4.78, 5) is 11.8. The average molecular weight is 255 g/mol. The Kier molecular flexibility index (Phi) is 5.29. The first-order chi connectivity index (χ1) is 8.00. The first-order valence-corrected chi connectivity index (χ1v) is 6.21. The Hall–Kier alpha value is -1.22. The van der Waals surface area contributed by atoms with Crippen LogP contribution in [-0.2, 0) is 0 Å². The van der Waals surface area contributed by atoms with Crippen molar-refractivity contribution in [1.29, 1.82) is 0 Å². The van der Waals surface area contributed by atoms with Crippen LogP contribution in [0.2, 0.25) is 5.02 Å². The number of hydrogen-bond donors (Lipinski definition) is 2. The Balaban J connectivity index is 2.47. The second-order valence-electron chi connectivity index (χ2n) is 4.52. The predicted octanol–water partition coefficient (Wildman–Crippen LogP) is 3.09. The monoisotopic (exact) mass is 254 g/mol. The number of anilines is 1. The van der Waals surface area contributed by atoms with Gasteiger partial charge in [0.05, 0.1) is 5.56 Å². The van der Waals surface area contributed by atoms with Gasteiger partial charge in [0.1, 0.15) is 0 Å². The van der Waals surface area contributed by atoms with Crippen LogP contribution >= 0.6 is 11.6 Å².